The Bertz CT molecular complexity index is 1370. The first-order chi connectivity index (χ1) is 14.4. The second-order valence-corrected chi connectivity index (χ2v) is 8.30. The van der Waals surface area contributed by atoms with Crippen LogP contribution in [0.3, 0.4) is 0 Å². The van der Waals surface area contributed by atoms with E-state index in [0.29, 0.717) is 12.5 Å². The van der Waals surface area contributed by atoms with Crippen molar-refractivity contribution in [2.75, 3.05) is 5.43 Å². The van der Waals surface area contributed by atoms with Crippen molar-refractivity contribution in [2.45, 2.75) is 6.54 Å². The second-order valence-electron chi connectivity index (χ2n) is 6.53. The number of nitrogens with zero attached hydrogens (tertiary/aromatic N) is 4. The Balaban J connectivity index is 1.79. The van der Waals surface area contributed by atoms with Crippen molar-refractivity contribution in [3.8, 4) is 0 Å². The van der Waals surface area contributed by atoms with Crippen LogP contribution < -0.4 is 16.7 Å². The average molecular weight is 532 g/mol. The average Bonchev–Trinajstić information content (AvgIpc) is 3.08. The third-order valence-electron chi connectivity index (χ3n) is 4.54. The molecular formula is C20H16Br2N6O2. The predicted octanol–water partition coefficient (Wildman–Crippen LogP) is 3.44. The molecule has 4 aromatic rings. The maximum absolute atomic E-state index is 12.6. The third kappa shape index (κ3) is 4.01. The van der Waals surface area contributed by atoms with E-state index in [0.717, 1.165) is 20.1 Å². The van der Waals surface area contributed by atoms with E-state index in [1.165, 1.54) is 4.57 Å². The van der Waals surface area contributed by atoms with Gasteiger partial charge in [0.15, 0.2) is 11.2 Å². The molecule has 0 fully saturated rings. The summed E-state index contributed by atoms with van der Waals surface area (Å²) < 4.78 is 4.88. The van der Waals surface area contributed by atoms with Crippen molar-refractivity contribution in [2.24, 2.45) is 12.1 Å². The first-order valence-electron chi connectivity index (χ1n) is 8.91. The van der Waals surface area contributed by atoms with Crippen molar-refractivity contribution in [1.82, 2.24) is 19.1 Å². The fraction of sp³-hybridized carbons (Fsp3) is 0.100. The highest BCUT2D eigenvalue weighted by molar-refractivity contribution is 9.10. The third-order valence-corrected chi connectivity index (χ3v) is 5.84. The van der Waals surface area contributed by atoms with E-state index < -0.39 is 11.2 Å². The van der Waals surface area contributed by atoms with Crippen LogP contribution in [0.5, 0.6) is 0 Å². The molecule has 4 rings (SSSR count). The zero-order valence-corrected chi connectivity index (χ0v) is 18.9. The number of H-pyrrole nitrogens is 1. The molecule has 0 atom stereocenters. The Morgan fingerprint density at radius 2 is 1.87 bits per heavy atom. The highest BCUT2D eigenvalue weighted by atomic mass is 79.9. The number of fused-ring (bicyclic) bond motifs is 1. The number of imidazole rings is 1. The number of aromatic amines is 1. The van der Waals surface area contributed by atoms with Gasteiger partial charge in [-0.15, -0.1) is 0 Å². The van der Waals surface area contributed by atoms with Crippen molar-refractivity contribution < 1.29 is 0 Å². The van der Waals surface area contributed by atoms with Gasteiger partial charge >= 0.3 is 5.69 Å². The quantitative estimate of drug-likeness (QED) is 0.304. The van der Waals surface area contributed by atoms with Gasteiger partial charge in [-0.3, -0.25) is 18.9 Å². The van der Waals surface area contributed by atoms with Crippen molar-refractivity contribution >= 4 is 55.2 Å². The lowest BCUT2D eigenvalue weighted by Crippen LogP contribution is -2.29. The molecule has 152 valence electrons. The zero-order chi connectivity index (χ0) is 21.3. The summed E-state index contributed by atoms with van der Waals surface area (Å²) >= 11 is 6.93. The van der Waals surface area contributed by atoms with Gasteiger partial charge in [0.2, 0.25) is 5.95 Å². The smallest absolute Gasteiger partial charge is 0.298 e. The summed E-state index contributed by atoms with van der Waals surface area (Å²) in [6, 6.07) is 15.4. The number of aromatic nitrogens is 4. The SMILES string of the molecule is Cn1c(=O)[nH]c(=O)c2c1nc(NN=Cc1ccc(Br)cc1)n2Cc1ccccc1Br. The molecule has 0 bridgehead atoms. The lowest BCUT2D eigenvalue weighted by atomic mass is 10.2. The number of hydrogen-bond acceptors (Lipinski definition) is 5. The number of benzene rings is 2. The van der Waals surface area contributed by atoms with Crippen LogP contribution >= 0.6 is 31.9 Å². The molecule has 2 heterocycles. The lowest BCUT2D eigenvalue weighted by Gasteiger charge is -2.09. The zero-order valence-electron chi connectivity index (χ0n) is 15.8. The number of anilines is 1. The van der Waals surface area contributed by atoms with E-state index in [9.17, 15) is 9.59 Å². The van der Waals surface area contributed by atoms with E-state index in [1.54, 1.807) is 17.8 Å². The summed E-state index contributed by atoms with van der Waals surface area (Å²) in [5, 5.41) is 4.26. The summed E-state index contributed by atoms with van der Waals surface area (Å²) in [7, 11) is 1.56. The molecule has 2 N–H and O–H groups in total. The van der Waals surface area contributed by atoms with Gasteiger partial charge in [0.25, 0.3) is 5.56 Å². The van der Waals surface area contributed by atoms with Crippen LogP contribution in [0.1, 0.15) is 11.1 Å². The van der Waals surface area contributed by atoms with E-state index in [-0.39, 0.29) is 11.2 Å². The summed E-state index contributed by atoms with van der Waals surface area (Å²) in [5.74, 6) is 0.348. The highest BCUT2D eigenvalue weighted by Gasteiger charge is 2.18. The van der Waals surface area contributed by atoms with Crippen molar-refractivity contribution in [3.63, 3.8) is 0 Å². The molecule has 10 heteroatoms. The lowest BCUT2D eigenvalue weighted by molar-refractivity contribution is 0.806. The van der Waals surface area contributed by atoms with Crippen LogP contribution in [0.2, 0.25) is 0 Å². The number of rotatable bonds is 5. The van der Waals surface area contributed by atoms with Gasteiger partial charge < -0.3 is 0 Å². The maximum atomic E-state index is 12.6. The Hall–Kier alpha value is -2.98. The molecule has 0 amide bonds. The molecule has 0 unspecified atom stereocenters. The number of hydrogen-bond donors (Lipinski definition) is 2. The monoisotopic (exact) mass is 530 g/mol. The van der Waals surface area contributed by atoms with E-state index in [2.05, 4.69) is 52.4 Å². The topological polar surface area (TPSA) is 97.1 Å². The predicted molar refractivity (Wildman–Crippen MR) is 124 cm³/mol. The molecule has 2 aromatic carbocycles. The van der Waals surface area contributed by atoms with E-state index in [4.69, 9.17) is 0 Å². The fourth-order valence-electron chi connectivity index (χ4n) is 2.98. The fourth-order valence-corrected chi connectivity index (χ4v) is 3.66. The largest absolute Gasteiger partial charge is 0.329 e. The molecule has 8 nitrogen and oxygen atoms in total. The van der Waals surface area contributed by atoms with E-state index in [1.807, 2.05) is 48.5 Å². The van der Waals surface area contributed by atoms with Crippen molar-refractivity contribution in [3.05, 3.63) is 89.4 Å². The second kappa shape index (κ2) is 8.41. The van der Waals surface area contributed by atoms with E-state index >= 15 is 0 Å². The van der Waals surface area contributed by atoms with Crippen molar-refractivity contribution in [1.29, 1.82) is 0 Å². The highest BCUT2D eigenvalue weighted by Crippen LogP contribution is 2.22. The molecule has 0 saturated carbocycles. The normalized spacial score (nSPS) is 11.4. The Kier molecular flexibility index (Phi) is 5.69. The summed E-state index contributed by atoms with van der Waals surface area (Å²) in [6.07, 6.45) is 1.65. The summed E-state index contributed by atoms with van der Waals surface area (Å²) in [6.45, 7) is 0.356. The number of halogens is 2. The Labute approximate surface area is 187 Å². The Morgan fingerprint density at radius 1 is 1.13 bits per heavy atom. The van der Waals surface area contributed by atoms with Crippen LogP contribution in [0.25, 0.3) is 11.2 Å². The van der Waals surface area contributed by atoms with Gasteiger partial charge in [0, 0.05) is 16.0 Å². The van der Waals surface area contributed by atoms with Crippen LogP contribution in [0.15, 0.2) is 72.2 Å². The summed E-state index contributed by atoms with van der Waals surface area (Å²) in [5.41, 5.74) is 4.28. The molecular weight excluding hydrogens is 516 g/mol. The number of hydrazone groups is 1. The van der Waals surface area contributed by atoms with Gasteiger partial charge in [0.1, 0.15) is 0 Å². The first-order valence-corrected chi connectivity index (χ1v) is 10.5. The molecule has 0 aliphatic heterocycles. The number of aryl methyl sites for hydroxylation is 1. The first kappa shape index (κ1) is 20.3. The van der Waals surface area contributed by atoms with Gasteiger partial charge in [-0.05, 0) is 29.3 Å². The van der Waals surface area contributed by atoms with Gasteiger partial charge in [-0.1, -0.05) is 62.2 Å². The molecule has 0 spiro atoms. The van der Waals surface area contributed by atoms with Gasteiger partial charge in [-0.2, -0.15) is 10.1 Å². The minimum atomic E-state index is -0.525. The van der Waals surface area contributed by atoms with Crippen LogP contribution in [-0.4, -0.2) is 25.3 Å². The van der Waals surface area contributed by atoms with Crippen LogP contribution in [0, 0.1) is 0 Å². The molecule has 30 heavy (non-hydrogen) atoms. The van der Waals surface area contributed by atoms with Crippen LogP contribution in [0.4, 0.5) is 5.95 Å². The molecule has 0 aliphatic rings. The molecule has 0 saturated heterocycles. The molecule has 2 aromatic heterocycles. The molecule has 0 aliphatic carbocycles. The van der Waals surface area contributed by atoms with Gasteiger partial charge in [-0.25, -0.2) is 10.2 Å². The maximum Gasteiger partial charge on any atom is 0.329 e. The molecule has 0 radical (unpaired) electrons. The van der Waals surface area contributed by atoms with Gasteiger partial charge in [0.05, 0.1) is 12.8 Å². The number of nitrogens with one attached hydrogen (secondary N) is 2. The van der Waals surface area contributed by atoms with Crippen LogP contribution in [-0.2, 0) is 13.6 Å². The Morgan fingerprint density at radius 3 is 2.60 bits per heavy atom. The summed E-state index contributed by atoms with van der Waals surface area (Å²) in [4.78, 5) is 31.4. The minimum Gasteiger partial charge on any atom is -0.298 e. The minimum absolute atomic E-state index is 0.275. The standard InChI is InChI=1S/C20H16Br2N6O2/c1-27-17-16(18(29)25-20(27)30)28(11-13-4-2-3-5-15(13)22)19(24-17)26-23-10-12-6-8-14(21)9-7-12/h2-10H,11H2,1H3,(H,24,26)(H,25,29,30).